The number of aromatic nitrogens is 1. The number of hydrogen-bond donors (Lipinski definition) is 2. The van der Waals surface area contributed by atoms with E-state index in [0.717, 1.165) is 11.3 Å². The van der Waals surface area contributed by atoms with Gasteiger partial charge >= 0.3 is 12.1 Å². The Kier molecular flexibility index (Phi) is 6.40. The number of thioether (sulfide) groups is 1. The van der Waals surface area contributed by atoms with Gasteiger partial charge in [-0.3, -0.25) is 15.0 Å². The lowest BCUT2D eigenvalue weighted by molar-refractivity contribution is -0.154. The van der Waals surface area contributed by atoms with Crippen LogP contribution in [0.4, 0.5) is 9.93 Å². The molecule has 0 bridgehead atoms. The first-order valence-corrected chi connectivity index (χ1v) is 10.3. The predicted molar refractivity (Wildman–Crippen MR) is 109 cm³/mol. The van der Waals surface area contributed by atoms with Crippen LogP contribution in [0.1, 0.15) is 10.6 Å². The van der Waals surface area contributed by atoms with Gasteiger partial charge in [-0.1, -0.05) is 48.4 Å². The molecule has 29 heavy (non-hydrogen) atoms. The quantitative estimate of drug-likeness (QED) is 0.361. The number of hydrogen-bond acceptors (Lipinski definition) is 9. The summed E-state index contributed by atoms with van der Waals surface area (Å²) in [6, 6.07) is 0. The average molecular weight is 437 g/mol. The SMILES string of the molecule is C=CCOC(=O)Nc1nc(C)c(C2=C(C(=O)OCC=C)N3C(=O)[C@H](CO)[C@H]3S2)s1. The second kappa shape index (κ2) is 8.80. The van der Waals surface area contributed by atoms with Crippen molar-refractivity contribution in [3.8, 4) is 0 Å². The van der Waals surface area contributed by atoms with E-state index in [1.165, 1.54) is 28.8 Å². The third-order valence-corrected chi connectivity index (χ3v) is 6.75. The van der Waals surface area contributed by atoms with Crippen LogP contribution in [-0.2, 0) is 19.1 Å². The van der Waals surface area contributed by atoms with Crippen molar-refractivity contribution in [2.45, 2.75) is 12.3 Å². The first-order valence-electron chi connectivity index (χ1n) is 8.58. The Morgan fingerprint density at radius 3 is 2.66 bits per heavy atom. The lowest BCUT2D eigenvalue weighted by Gasteiger charge is -2.41. The number of carbonyl (C=O) groups excluding carboxylic acids is 3. The lowest BCUT2D eigenvalue weighted by Crippen LogP contribution is -2.58. The summed E-state index contributed by atoms with van der Waals surface area (Å²) in [4.78, 5) is 43.5. The summed E-state index contributed by atoms with van der Waals surface area (Å²) in [6.45, 7) is 8.46. The van der Waals surface area contributed by atoms with Crippen LogP contribution in [0.3, 0.4) is 0 Å². The van der Waals surface area contributed by atoms with Gasteiger partial charge in [0.2, 0.25) is 5.91 Å². The molecule has 0 saturated carbocycles. The second-order valence-electron chi connectivity index (χ2n) is 6.02. The molecule has 2 atom stereocenters. The van der Waals surface area contributed by atoms with Crippen LogP contribution >= 0.6 is 23.1 Å². The van der Waals surface area contributed by atoms with Gasteiger partial charge in [0, 0.05) is 0 Å². The molecule has 0 unspecified atom stereocenters. The Morgan fingerprint density at radius 1 is 1.31 bits per heavy atom. The monoisotopic (exact) mass is 437 g/mol. The van der Waals surface area contributed by atoms with Gasteiger partial charge in [-0.05, 0) is 6.92 Å². The maximum Gasteiger partial charge on any atom is 0.413 e. The van der Waals surface area contributed by atoms with Crippen LogP contribution in [0.15, 0.2) is 31.0 Å². The number of aliphatic hydroxyl groups is 1. The number of carbonyl (C=O) groups is 3. The molecular formula is C18H19N3O6S2. The van der Waals surface area contributed by atoms with Gasteiger partial charge < -0.3 is 14.6 Å². The molecule has 3 heterocycles. The fraction of sp³-hybridized carbons (Fsp3) is 0.333. The molecule has 1 saturated heterocycles. The first kappa shape index (κ1) is 21.1. The van der Waals surface area contributed by atoms with Crippen molar-refractivity contribution in [2.75, 3.05) is 25.1 Å². The van der Waals surface area contributed by atoms with Gasteiger partial charge in [0.25, 0.3) is 0 Å². The standard InChI is InChI=1S/C18H19N3O6S2/c1-4-6-26-16(24)11-13(28-15-10(8-22)14(23)21(11)15)12-9(3)19-17(29-12)20-18(25)27-7-5-2/h4-5,10,15,22H,1-2,6-8H2,3H3,(H,19,20,25)/t10-,15+/m0/s1. The minimum absolute atomic E-state index is 0.0000278. The van der Waals surface area contributed by atoms with E-state index in [2.05, 4.69) is 23.5 Å². The number of thiazole rings is 1. The van der Waals surface area contributed by atoms with Crippen LogP contribution in [0.25, 0.3) is 4.91 Å². The molecule has 1 aromatic heterocycles. The number of esters is 1. The molecule has 2 aliphatic rings. The molecule has 1 aromatic rings. The van der Waals surface area contributed by atoms with Crippen molar-refractivity contribution in [1.29, 1.82) is 0 Å². The molecule has 0 spiro atoms. The van der Waals surface area contributed by atoms with Crippen molar-refractivity contribution in [2.24, 2.45) is 5.92 Å². The van der Waals surface area contributed by atoms with E-state index >= 15 is 0 Å². The minimum Gasteiger partial charge on any atom is -0.457 e. The molecule has 9 nitrogen and oxygen atoms in total. The van der Waals surface area contributed by atoms with Gasteiger partial charge in [0.1, 0.15) is 24.3 Å². The van der Waals surface area contributed by atoms with Crippen molar-refractivity contribution in [3.05, 3.63) is 41.6 Å². The van der Waals surface area contributed by atoms with Gasteiger partial charge in [-0.25, -0.2) is 14.6 Å². The Hall–Kier alpha value is -2.63. The summed E-state index contributed by atoms with van der Waals surface area (Å²) in [6.07, 6.45) is 2.20. The third-order valence-electron chi connectivity index (χ3n) is 4.11. The molecule has 154 valence electrons. The summed E-state index contributed by atoms with van der Waals surface area (Å²) >= 11 is 2.44. The van der Waals surface area contributed by atoms with E-state index < -0.39 is 18.0 Å². The number of ether oxygens (including phenoxy) is 2. The fourth-order valence-corrected chi connectivity index (χ4v) is 5.46. The minimum atomic E-state index is -0.678. The van der Waals surface area contributed by atoms with E-state index in [-0.39, 0.29) is 41.9 Å². The van der Waals surface area contributed by atoms with Crippen LogP contribution in [0.5, 0.6) is 0 Å². The van der Waals surface area contributed by atoms with E-state index in [4.69, 9.17) is 9.47 Å². The summed E-state index contributed by atoms with van der Waals surface area (Å²) in [5.74, 6) is -1.58. The molecule has 2 amide bonds. The Bertz CT molecular complexity index is 909. The largest absolute Gasteiger partial charge is 0.457 e. The number of rotatable bonds is 8. The highest BCUT2D eigenvalue weighted by atomic mass is 32.2. The molecule has 3 rings (SSSR count). The summed E-state index contributed by atoms with van der Waals surface area (Å²) < 4.78 is 10.0. The number of aliphatic hydroxyl groups excluding tert-OH is 1. The molecule has 2 aliphatic heterocycles. The highest BCUT2D eigenvalue weighted by molar-refractivity contribution is 8.09. The zero-order chi connectivity index (χ0) is 21.1. The van der Waals surface area contributed by atoms with Crippen molar-refractivity contribution in [3.63, 3.8) is 0 Å². The van der Waals surface area contributed by atoms with Crippen molar-refractivity contribution in [1.82, 2.24) is 9.88 Å². The van der Waals surface area contributed by atoms with Gasteiger partial charge in [0.15, 0.2) is 5.13 Å². The Labute approximate surface area is 175 Å². The highest BCUT2D eigenvalue weighted by Crippen LogP contribution is 2.54. The lowest BCUT2D eigenvalue weighted by atomic mass is 9.98. The molecular weight excluding hydrogens is 418 g/mol. The van der Waals surface area contributed by atoms with Crippen molar-refractivity contribution >= 4 is 51.1 Å². The van der Waals surface area contributed by atoms with Crippen LogP contribution in [-0.4, -0.2) is 58.2 Å². The number of fused-ring (bicyclic) bond motifs is 1. The third kappa shape index (κ3) is 3.93. The zero-order valence-corrected chi connectivity index (χ0v) is 17.2. The molecule has 2 N–H and O–H groups in total. The number of amides is 2. The average Bonchev–Trinajstić information content (AvgIpc) is 3.22. The topological polar surface area (TPSA) is 118 Å². The summed E-state index contributed by atoms with van der Waals surface area (Å²) in [5.41, 5.74) is 0.685. The van der Waals surface area contributed by atoms with E-state index in [0.29, 0.717) is 15.5 Å². The normalized spacial score (nSPS) is 20.1. The summed E-state index contributed by atoms with van der Waals surface area (Å²) in [7, 11) is 0. The number of aryl methyl sites for hydroxylation is 1. The smallest absolute Gasteiger partial charge is 0.413 e. The summed E-state index contributed by atoms with van der Waals surface area (Å²) in [5, 5.41) is 11.9. The van der Waals surface area contributed by atoms with Gasteiger partial charge in [-0.15, -0.1) is 0 Å². The molecule has 1 fully saturated rings. The van der Waals surface area contributed by atoms with Crippen LogP contribution in [0, 0.1) is 12.8 Å². The van der Waals surface area contributed by atoms with Crippen LogP contribution < -0.4 is 5.32 Å². The zero-order valence-electron chi connectivity index (χ0n) is 15.5. The molecule has 0 radical (unpaired) electrons. The van der Waals surface area contributed by atoms with E-state index in [1.807, 2.05) is 0 Å². The maximum absolute atomic E-state index is 12.6. The van der Waals surface area contributed by atoms with E-state index in [1.54, 1.807) is 6.92 Å². The molecule has 11 heteroatoms. The Morgan fingerprint density at radius 2 is 2.00 bits per heavy atom. The molecule has 0 aliphatic carbocycles. The Balaban J connectivity index is 1.92. The van der Waals surface area contributed by atoms with Crippen LogP contribution in [0.2, 0.25) is 0 Å². The van der Waals surface area contributed by atoms with Crippen molar-refractivity contribution < 1.29 is 29.0 Å². The first-order chi connectivity index (χ1) is 13.9. The van der Waals surface area contributed by atoms with Gasteiger partial charge in [0.05, 0.1) is 28.0 Å². The number of nitrogens with zero attached hydrogens (tertiary/aromatic N) is 2. The number of nitrogens with one attached hydrogen (secondary N) is 1. The van der Waals surface area contributed by atoms with E-state index in [9.17, 15) is 19.5 Å². The maximum atomic E-state index is 12.6. The number of β-lactam (4-membered cyclic amide) rings is 1. The second-order valence-corrected chi connectivity index (χ2v) is 8.14. The number of anilines is 1. The highest BCUT2D eigenvalue weighted by Gasteiger charge is 2.56. The fourth-order valence-electron chi connectivity index (χ4n) is 2.82. The molecule has 0 aromatic carbocycles. The van der Waals surface area contributed by atoms with Gasteiger partial charge in [-0.2, -0.15) is 0 Å². The predicted octanol–water partition coefficient (Wildman–Crippen LogP) is 2.11.